The number of carboxylic acids is 1. The standard InChI is InChI=1S/C11H17NO3/c1-4-5-12(3)7-9-6-8(2)10(15-9)11(13)14/h6H,4-5,7H2,1-3H3,(H,13,14). The lowest BCUT2D eigenvalue weighted by atomic mass is 10.2. The molecule has 4 heteroatoms. The Bertz CT molecular complexity index is 344. The first-order valence-corrected chi connectivity index (χ1v) is 5.05. The number of furan rings is 1. The summed E-state index contributed by atoms with van der Waals surface area (Å²) in [6.45, 7) is 5.48. The van der Waals surface area contributed by atoms with Gasteiger partial charge in [-0.15, -0.1) is 0 Å². The number of carbonyl (C=O) groups is 1. The van der Waals surface area contributed by atoms with E-state index >= 15 is 0 Å². The molecule has 0 aromatic carbocycles. The third-order valence-corrected chi connectivity index (χ3v) is 2.19. The molecular weight excluding hydrogens is 194 g/mol. The van der Waals surface area contributed by atoms with E-state index in [0.717, 1.165) is 13.0 Å². The van der Waals surface area contributed by atoms with Gasteiger partial charge >= 0.3 is 5.97 Å². The fraction of sp³-hybridized carbons (Fsp3) is 0.545. The number of aromatic carboxylic acids is 1. The van der Waals surface area contributed by atoms with E-state index in [0.29, 0.717) is 17.9 Å². The smallest absolute Gasteiger partial charge is 0.372 e. The third kappa shape index (κ3) is 3.09. The Kier molecular flexibility index (Phi) is 3.91. The largest absolute Gasteiger partial charge is 0.475 e. The first-order chi connectivity index (χ1) is 7.04. The number of hydrogen-bond donors (Lipinski definition) is 1. The van der Waals surface area contributed by atoms with Crippen molar-refractivity contribution in [2.24, 2.45) is 0 Å². The van der Waals surface area contributed by atoms with Crippen LogP contribution >= 0.6 is 0 Å². The van der Waals surface area contributed by atoms with Gasteiger partial charge in [-0.1, -0.05) is 6.92 Å². The zero-order chi connectivity index (χ0) is 11.4. The van der Waals surface area contributed by atoms with Crippen LogP contribution in [-0.2, 0) is 6.54 Å². The number of rotatable bonds is 5. The van der Waals surface area contributed by atoms with Crippen LogP contribution in [-0.4, -0.2) is 29.6 Å². The summed E-state index contributed by atoms with van der Waals surface area (Å²) >= 11 is 0. The van der Waals surface area contributed by atoms with Crippen molar-refractivity contribution in [3.63, 3.8) is 0 Å². The second kappa shape index (κ2) is 4.98. The van der Waals surface area contributed by atoms with Crippen LogP contribution in [0.15, 0.2) is 10.5 Å². The number of aryl methyl sites for hydroxylation is 1. The Morgan fingerprint density at radius 2 is 2.27 bits per heavy atom. The van der Waals surface area contributed by atoms with Crippen LogP contribution in [0.2, 0.25) is 0 Å². The Hall–Kier alpha value is -1.29. The van der Waals surface area contributed by atoms with Crippen molar-refractivity contribution < 1.29 is 14.3 Å². The molecule has 0 spiro atoms. The van der Waals surface area contributed by atoms with Gasteiger partial charge in [0.2, 0.25) is 5.76 Å². The van der Waals surface area contributed by atoms with Gasteiger partial charge in [0.1, 0.15) is 5.76 Å². The second-order valence-corrected chi connectivity index (χ2v) is 3.77. The van der Waals surface area contributed by atoms with E-state index in [1.165, 1.54) is 0 Å². The summed E-state index contributed by atoms with van der Waals surface area (Å²) in [7, 11) is 1.99. The van der Waals surface area contributed by atoms with Crippen molar-refractivity contribution in [2.45, 2.75) is 26.8 Å². The van der Waals surface area contributed by atoms with Gasteiger partial charge in [-0.3, -0.25) is 4.90 Å². The van der Waals surface area contributed by atoms with Crippen molar-refractivity contribution in [3.05, 3.63) is 23.2 Å². The summed E-state index contributed by atoms with van der Waals surface area (Å²) in [5.41, 5.74) is 0.683. The predicted octanol–water partition coefficient (Wildman–Crippen LogP) is 2.13. The monoisotopic (exact) mass is 211 g/mol. The molecule has 0 aliphatic carbocycles. The molecule has 0 saturated carbocycles. The molecule has 0 atom stereocenters. The van der Waals surface area contributed by atoms with Crippen molar-refractivity contribution in [2.75, 3.05) is 13.6 Å². The maximum Gasteiger partial charge on any atom is 0.372 e. The Labute approximate surface area is 89.5 Å². The van der Waals surface area contributed by atoms with Crippen molar-refractivity contribution >= 4 is 5.97 Å². The lowest BCUT2D eigenvalue weighted by Crippen LogP contribution is -2.17. The molecule has 4 nitrogen and oxygen atoms in total. The van der Waals surface area contributed by atoms with Gasteiger partial charge in [0.15, 0.2) is 0 Å². The molecule has 0 amide bonds. The summed E-state index contributed by atoms with van der Waals surface area (Å²) in [6.07, 6.45) is 1.07. The molecule has 0 unspecified atom stereocenters. The normalized spacial score (nSPS) is 10.9. The van der Waals surface area contributed by atoms with E-state index in [9.17, 15) is 4.79 Å². The van der Waals surface area contributed by atoms with Crippen LogP contribution in [0.5, 0.6) is 0 Å². The Morgan fingerprint density at radius 1 is 1.60 bits per heavy atom. The number of carboxylic acid groups (broad SMARTS) is 1. The van der Waals surface area contributed by atoms with Gasteiger partial charge in [0.25, 0.3) is 0 Å². The average molecular weight is 211 g/mol. The maximum absolute atomic E-state index is 10.7. The topological polar surface area (TPSA) is 53.7 Å². The van der Waals surface area contributed by atoms with E-state index in [1.54, 1.807) is 13.0 Å². The second-order valence-electron chi connectivity index (χ2n) is 3.77. The van der Waals surface area contributed by atoms with E-state index in [-0.39, 0.29) is 5.76 Å². The molecule has 84 valence electrons. The van der Waals surface area contributed by atoms with E-state index in [4.69, 9.17) is 9.52 Å². The molecule has 0 saturated heterocycles. The molecular formula is C11H17NO3. The molecule has 15 heavy (non-hydrogen) atoms. The van der Waals surface area contributed by atoms with Crippen LogP contribution in [0.25, 0.3) is 0 Å². The van der Waals surface area contributed by atoms with Gasteiger partial charge < -0.3 is 9.52 Å². The van der Waals surface area contributed by atoms with Crippen LogP contribution in [0.4, 0.5) is 0 Å². The average Bonchev–Trinajstić information content (AvgIpc) is 2.47. The van der Waals surface area contributed by atoms with Crippen molar-refractivity contribution in [1.29, 1.82) is 0 Å². The van der Waals surface area contributed by atoms with E-state index in [1.807, 2.05) is 7.05 Å². The van der Waals surface area contributed by atoms with Crippen LogP contribution in [0.3, 0.4) is 0 Å². The summed E-state index contributed by atoms with van der Waals surface area (Å²) in [6, 6.07) is 1.79. The van der Waals surface area contributed by atoms with Gasteiger partial charge in [0, 0.05) is 5.56 Å². The predicted molar refractivity (Wildman–Crippen MR) is 57.0 cm³/mol. The minimum atomic E-state index is -1.00. The summed E-state index contributed by atoms with van der Waals surface area (Å²) in [5.74, 6) is -0.243. The molecule has 0 bridgehead atoms. The van der Waals surface area contributed by atoms with E-state index in [2.05, 4.69) is 11.8 Å². The third-order valence-electron chi connectivity index (χ3n) is 2.19. The Balaban J connectivity index is 2.71. The fourth-order valence-electron chi connectivity index (χ4n) is 1.57. The lowest BCUT2D eigenvalue weighted by Gasteiger charge is -2.12. The molecule has 0 aliphatic heterocycles. The van der Waals surface area contributed by atoms with Gasteiger partial charge in [0.05, 0.1) is 6.54 Å². The highest BCUT2D eigenvalue weighted by atomic mass is 16.4. The molecule has 1 N–H and O–H groups in total. The summed E-state index contributed by atoms with van der Waals surface area (Å²) < 4.78 is 5.25. The highest BCUT2D eigenvalue weighted by Crippen LogP contribution is 2.15. The number of nitrogens with zero attached hydrogens (tertiary/aromatic N) is 1. The molecule has 0 aliphatic rings. The highest BCUT2D eigenvalue weighted by molar-refractivity contribution is 5.86. The van der Waals surface area contributed by atoms with Crippen molar-refractivity contribution in [1.82, 2.24) is 4.90 Å². The molecule has 0 fully saturated rings. The first kappa shape index (κ1) is 11.8. The molecule has 1 aromatic heterocycles. The van der Waals surface area contributed by atoms with Crippen molar-refractivity contribution in [3.8, 4) is 0 Å². The fourth-order valence-corrected chi connectivity index (χ4v) is 1.57. The molecule has 1 aromatic rings. The highest BCUT2D eigenvalue weighted by Gasteiger charge is 2.14. The number of hydrogen-bond acceptors (Lipinski definition) is 3. The van der Waals surface area contributed by atoms with Crippen LogP contribution < -0.4 is 0 Å². The van der Waals surface area contributed by atoms with Gasteiger partial charge in [-0.05, 0) is 33.0 Å². The molecule has 0 radical (unpaired) electrons. The summed E-state index contributed by atoms with van der Waals surface area (Å²) in [4.78, 5) is 12.8. The lowest BCUT2D eigenvalue weighted by molar-refractivity contribution is 0.0657. The summed E-state index contributed by atoms with van der Waals surface area (Å²) in [5, 5.41) is 8.81. The van der Waals surface area contributed by atoms with Crippen LogP contribution in [0.1, 0.15) is 35.2 Å². The Morgan fingerprint density at radius 3 is 2.73 bits per heavy atom. The zero-order valence-electron chi connectivity index (χ0n) is 9.41. The molecule has 1 heterocycles. The quantitative estimate of drug-likeness (QED) is 0.810. The SMILES string of the molecule is CCCN(C)Cc1cc(C)c(C(=O)O)o1. The zero-order valence-corrected chi connectivity index (χ0v) is 9.41. The molecule has 1 rings (SSSR count). The van der Waals surface area contributed by atoms with E-state index < -0.39 is 5.97 Å². The maximum atomic E-state index is 10.7. The van der Waals surface area contributed by atoms with Gasteiger partial charge in [-0.25, -0.2) is 4.79 Å². The minimum Gasteiger partial charge on any atom is -0.475 e. The van der Waals surface area contributed by atoms with Gasteiger partial charge in [-0.2, -0.15) is 0 Å². The first-order valence-electron chi connectivity index (χ1n) is 5.05. The van der Waals surface area contributed by atoms with Crippen LogP contribution in [0, 0.1) is 6.92 Å². The minimum absolute atomic E-state index is 0.0508.